The van der Waals surface area contributed by atoms with Crippen molar-refractivity contribution in [3.05, 3.63) is 47.8 Å². The Morgan fingerprint density at radius 1 is 1.47 bits per heavy atom. The van der Waals surface area contributed by atoms with Crippen LogP contribution in [0, 0.1) is 6.92 Å². The fraction of sp³-hybridized carbons (Fsp3) is 0.154. The van der Waals surface area contributed by atoms with Crippen LogP contribution in [0.25, 0.3) is 10.6 Å². The van der Waals surface area contributed by atoms with E-state index in [9.17, 15) is 0 Å². The Hall–Kier alpha value is -1.81. The Bertz CT molecular complexity index is 520. The average molecular weight is 246 g/mol. The first-order chi connectivity index (χ1) is 8.20. The van der Waals surface area contributed by atoms with Gasteiger partial charge in [0.25, 0.3) is 0 Å². The lowest BCUT2D eigenvalue weighted by molar-refractivity contribution is 0.299. The van der Waals surface area contributed by atoms with Gasteiger partial charge in [0.15, 0.2) is 5.88 Å². The number of anilines is 1. The molecule has 0 aliphatic rings. The Labute approximate surface area is 105 Å². The van der Waals surface area contributed by atoms with E-state index in [0.29, 0.717) is 5.88 Å². The van der Waals surface area contributed by atoms with Crippen molar-refractivity contribution in [2.24, 2.45) is 0 Å². The highest BCUT2D eigenvalue weighted by atomic mass is 32.1. The fourth-order valence-electron chi connectivity index (χ4n) is 1.51. The van der Waals surface area contributed by atoms with E-state index in [1.54, 1.807) is 24.6 Å². The van der Waals surface area contributed by atoms with Crippen LogP contribution in [-0.4, -0.2) is 12.1 Å². The van der Waals surface area contributed by atoms with Gasteiger partial charge in [-0.15, -0.1) is 11.3 Å². The zero-order chi connectivity index (χ0) is 12.3. The molecule has 0 unspecified atom stereocenters. The number of aromatic nitrogens is 1. The van der Waals surface area contributed by atoms with Crippen LogP contribution in [0.1, 0.15) is 5.56 Å². The summed E-state index contributed by atoms with van der Waals surface area (Å²) >= 11 is 1.61. The number of rotatable bonds is 4. The van der Waals surface area contributed by atoms with E-state index in [2.05, 4.69) is 35.1 Å². The van der Waals surface area contributed by atoms with Crippen LogP contribution in [0.15, 0.2) is 42.2 Å². The molecule has 0 amide bonds. The summed E-state index contributed by atoms with van der Waals surface area (Å²) in [5.74, 6) is 0.522. The van der Waals surface area contributed by atoms with Gasteiger partial charge in [-0.25, -0.2) is 4.98 Å². The second-order valence-electron chi connectivity index (χ2n) is 3.64. The lowest BCUT2D eigenvalue weighted by atomic mass is 10.1. The summed E-state index contributed by atoms with van der Waals surface area (Å²) in [4.78, 5) is 4.32. The Balaban J connectivity index is 2.41. The second kappa shape index (κ2) is 5.01. The summed E-state index contributed by atoms with van der Waals surface area (Å²) in [5.41, 5.74) is 3.20. The third-order valence-electron chi connectivity index (χ3n) is 2.36. The van der Waals surface area contributed by atoms with Crippen molar-refractivity contribution >= 4 is 17.0 Å². The number of nitrogens with one attached hydrogen (secondary N) is 1. The summed E-state index contributed by atoms with van der Waals surface area (Å²) in [7, 11) is 1.59. The minimum Gasteiger partial charge on any atom is -0.483 e. The molecular weight excluding hydrogens is 232 g/mol. The topological polar surface area (TPSA) is 34.2 Å². The first-order valence-corrected chi connectivity index (χ1v) is 6.09. The predicted molar refractivity (Wildman–Crippen MR) is 72.1 cm³/mol. The molecule has 0 fully saturated rings. The number of aryl methyl sites for hydroxylation is 1. The van der Waals surface area contributed by atoms with Crippen molar-refractivity contribution in [3.63, 3.8) is 0 Å². The average Bonchev–Trinajstić information content (AvgIpc) is 2.82. The molecule has 2 aromatic rings. The zero-order valence-electron chi connectivity index (χ0n) is 9.86. The SMILES string of the molecule is C=C(Nc1cc(C)ccc1-c1nccs1)OC. The molecule has 1 heterocycles. The van der Waals surface area contributed by atoms with Gasteiger partial charge in [-0.05, 0) is 31.2 Å². The molecule has 1 aromatic heterocycles. The highest BCUT2D eigenvalue weighted by molar-refractivity contribution is 7.13. The van der Waals surface area contributed by atoms with E-state index in [1.165, 1.54) is 5.56 Å². The van der Waals surface area contributed by atoms with E-state index in [0.717, 1.165) is 16.3 Å². The molecule has 1 aromatic carbocycles. The standard InChI is InChI=1S/C13H14N2OS/c1-9-4-5-11(13-14-6-7-17-13)12(8-9)15-10(2)16-3/h4-8,15H,2H2,1,3H3. The van der Waals surface area contributed by atoms with Gasteiger partial charge in [-0.3, -0.25) is 0 Å². The quantitative estimate of drug-likeness (QED) is 0.836. The highest BCUT2D eigenvalue weighted by Crippen LogP contribution is 2.31. The number of nitrogens with zero attached hydrogens (tertiary/aromatic N) is 1. The van der Waals surface area contributed by atoms with Crippen LogP contribution in [0.3, 0.4) is 0 Å². The number of hydrogen-bond acceptors (Lipinski definition) is 4. The van der Waals surface area contributed by atoms with Gasteiger partial charge < -0.3 is 10.1 Å². The molecule has 1 N–H and O–H groups in total. The first kappa shape index (κ1) is 11.7. The Morgan fingerprint density at radius 2 is 2.29 bits per heavy atom. The lowest BCUT2D eigenvalue weighted by Crippen LogP contribution is -2.01. The van der Waals surface area contributed by atoms with Crippen LogP contribution < -0.4 is 5.32 Å². The molecule has 17 heavy (non-hydrogen) atoms. The molecule has 88 valence electrons. The maximum Gasteiger partial charge on any atom is 0.183 e. The van der Waals surface area contributed by atoms with Crippen LogP contribution in [0.4, 0.5) is 5.69 Å². The number of ether oxygens (including phenoxy) is 1. The fourth-order valence-corrected chi connectivity index (χ4v) is 2.18. The van der Waals surface area contributed by atoms with Crippen LogP contribution in [-0.2, 0) is 4.74 Å². The second-order valence-corrected chi connectivity index (χ2v) is 4.53. The zero-order valence-corrected chi connectivity index (χ0v) is 10.7. The van der Waals surface area contributed by atoms with E-state index < -0.39 is 0 Å². The monoisotopic (exact) mass is 246 g/mol. The first-order valence-electron chi connectivity index (χ1n) is 5.21. The number of thiazole rings is 1. The lowest BCUT2D eigenvalue weighted by Gasteiger charge is -2.12. The molecule has 3 nitrogen and oxygen atoms in total. The molecule has 0 saturated heterocycles. The van der Waals surface area contributed by atoms with Crippen molar-refractivity contribution in [2.45, 2.75) is 6.92 Å². The molecule has 4 heteroatoms. The molecule has 0 saturated carbocycles. The van der Waals surface area contributed by atoms with Crippen LogP contribution in [0.5, 0.6) is 0 Å². The smallest absolute Gasteiger partial charge is 0.183 e. The number of hydrogen-bond donors (Lipinski definition) is 1. The molecule has 0 bridgehead atoms. The van der Waals surface area contributed by atoms with E-state index >= 15 is 0 Å². The van der Waals surface area contributed by atoms with E-state index in [4.69, 9.17) is 4.74 Å². The van der Waals surface area contributed by atoms with Gasteiger partial charge in [0.1, 0.15) is 5.01 Å². The van der Waals surface area contributed by atoms with Crippen molar-refractivity contribution in [3.8, 4) is 10.6 Å². The number of methoxy groups -OCH3 is 1. The molecule has 0 aliphatic heterocycles. The third-order valence-corrected chi connectivity index (χ3v) is 3.16. The Kier molecular flexibility index (Phi) is 3.44. The minimum atomic E-state index is 0.522. The van der Waals surface area contributed by atoms with E-state index in [1.807, 2.05) is 12.3 Å². The molecular formula is C13H14N2OS. The normalized spacial score (nSPS) is 10.0. The summed E-state index contributed by atoms with van der Waals surface area (Å²) in [6.07, 6.45) is 1.80. The van der Waals surface area contributed by atoms with Gasteiger partial charge >= 0.3 is 0 Å². The molecule has 2 rings (SSSR count). The summed E-state index contributed by atoms with van der Waals surface area (Å²) < 4.78 is 5.04. The summed E-state index contributed by atoms with van der Waals surface area (Å²) in [6.45, 7) is 5.82. The number of benzene rings is 1. The van der Waals surface area contributed by atoms with Crippen molar-refractivity contribution in [1.82, 2.24) is 4.98 Å². The van der Waals surface area contributed by atoms with Crippen molar-refractivity contribution in [1.29, 1.82) is 0 Å². The van der Waals surface area contributed by atoms with Gasteiger partial charge in [0.05, 0.1) is 12.8 Å². The minimum absolute atomic E-state index is 0.522. The van der Waals surface area contributed by atoms with Gasteiger partial charge in [0, 0.05) is 17.1 Å². The third kappa shape index (κ3) is 2.65. The van der Waals surface area contributed by atoms with Crippen molar-refractivity contribution < 1.29 is 4.74 Å². The molecule has 0 atom stereocenters. The van der Waals surface area contributed by atoms with Crippen LogP contribution in [0.2, 0.25) is 0 Å². The largest absolute Gasteiger partial charge is 0.483 e. The van der Waals surface area contributed by atoms with Gasteiger partial charge in [-0.1, -0.05) is 6.07 Å². The van der Waals surface area contributed by atoms with E-state index in [-0.39, 0.29) is 0 Å². The van der Waals surface area contributed by atoms with Crippen LogP contribution >= 0.6 is 11.3 Å². The predicted octanol–water partition coefficient (Wildman–Crippen LogP) is 3.65. The summed E-state index contributed by atoms with van der Waals surface area (Å²) in [5, 5.41) is 6.08. The highest BCUT2D eigenvalue weighted by Gasteiger charge is 2.08. The maximum absolute atomic E-state index is 5.04. The Morgan fingerprint density at radius 3 is 2.94 bits per heavy atom. The molecule has 0 aliphatic carbocycles. The molecule has 0 radical (unpaired) electrons. The van der Waals surface area contributed by atoms with Gasteiger partial charge in [-0.2, -0.15) is 0 Å². The summed E-state index contributed by atoms with van der Waals surface area (Å²) in [6, 6.07) is 6.18. The van der Waals surface area contributed by atoms with Gasteiger partial charge in [0.2, 0.25) is 0 Å². The van der Waals surface area contributed by atoms with Crippen molar-refractivity contribution in [2.75, 3.05) is 12.4 Å². The maximum atomic E-state index is 5.04. The molecule has 0 spiro atoms.